The number of aromatic amines is 1. The SMILES string of the molecule is CCCN(Cc1ccccc1)C(=O)c1n[nH]c(C2CC2)n1. The van der Waals surface area contributed by atoms with Crippen LogP contribution in [0.1, 0.15) is 54.1 Å². The Balaban J connectivity index is 1.73. The molecule has 21 heavy (non-hydrogen) atoms. The number of hydrogen-bond donors (Lipinski definition) is 1. The first-order valence-corrected chi connectivity index (χ1v) is 7.53. The van der Waals surface area contributed by atoms with Crippen LogP contribution in [0.3, 0.4) is 0 Å². The third-order valence-corrected chi connectivity index (χ3v) is 3.66. The zero-order chi connectivity index (χ0) is 14.7. The maximum Gasteiger partial charge on any atom is 0.293 e. The Labute approximate surface area is 124 Å². The van der Waals surface area contributed by atoms with E-state index in [-0.39, 0.29) is 5.91 Å². The number of amides is 1. The fraction of sp³-hybridized carbons (Fsp3) is 0.438. The average Bonchev–Trinajstić information content (AvgIpc) is 3.25. The summed E-state index contributed by atoms with van der Waals surface area (Å²) in [7, 11) is 0. The fourth-order valence-corrected chi connectivity index (χ4v) is 2.38. The van der Waals surface area contributed by atoms with Gasteiger partial charge in [-0.3, -0.25) is 9.89 Å². The van der Waals surface area contributed by atoms with Crippen LogP contribution < -0.4 is 0 Å². The first-order valence-electron chi connectivity index (χ1n) is 7.53. The number of nitrogens with one attached hydrogen (secondary N) is 1. The predicted molar refractivity (Wildman–Crippen MR) is 79.8 cm³/mol. The molecule has 5 heteroatoms. The van der Waals surface area contributed by atoms with E-state index in [9.17, 15) is 4.79 Å². The summed E-state index contributed by atoms with van der Waals surface area (Å²) in [4.78, 5) is 18.8. The normalized spacial score (nSPS) is 14.1. The fourth-order valence-electron chi connectivity index (χ4n) is 2.38. The largest absolute Gasteiger partial charge is 0.332 e. The lowest BCUT2D eigenvalue weighted by atomic mass is 10.2. The first kappa shape index (κ1) is 13.8. The second kappa shape index (κ2) is 6.08. The molecular formula is C16H20N4O. The van der Waals surface area contributed by atoms with Gasteiger partial charge in [0.15, 0.2) is 0 Å². The highest BCUT2D eigenvalue weighted by Gasteiger charge is 2.29. The summed E-state index contributed by atoms with van der Waals surface area (Å²) in [6.07, 6.45) is 3.20. The highest BCUT2D eigenvalue weighted by molar-refractivity contribution is 5.90. The highest BCUT2D eigenvalue weighted by Crippen LogP contribution is 2.37. The maximum absolute atomic E-state index is 12.6. The van der Waals surface area contributed by atoms with E-state index in [2.05, 4.69) is 22.1 Å². The molecule has 1 fully saturated rings. The molecule has 110 valence electrons. The Kier molecular flexibility index (Phi) is 3.99. The number of nitrogens with zero attached hydrogens (tertiary/aromatic N) is 3. The lowest BCUT2D eigenvalue weighted by Crippen LogP contribution is -2.32. The molecule has 0 unspecified atom stereocenters. The van der Waals surface area contributed by atoms with E-state index in [0.717, 1.165) is 30.7 Å². The third kappa shape index (κ3) is 3.29. The van der Waals surface area contributed by atoms with Crippen LogP contribution in [-0.4, -0.2) is 32.5 Å². The van der Waals surface area contributed by atoms with Gasteiger partial charge in [0.05, 0.1) is 0 Å². The van der Waals surface area contributed by atoms with Crippen molar-refractivity contribution in [2.75, 3.05) is 6.54 Å². The van der Waals surface area contributed by atoms with E-state index >= 15 is 0 Å². The summed E-state index contributed by atoms with van der Waals surface area (Å²) >= 11 is 0. The van der Waals surface area contributed by atoms with E-state index in [1.54, 1.807) is 0 Å². The molecule has 1 aliphatic carbocycles. The molecule has 1 aromatic heterocycles. The molecule has 1 N–H and O–H groups in total. The van der Waals surface area contributed by atoms with E-state index in [4.69, 9.17) is 0 Å². The predicted octanol–water partition coefficient (Wildman–Crippen LogP) is 2.73. The van der Waals surface area contributed by atoms with E-state index in [1.807, 2.05) is 35.2 Å². The van der Waals surface area contributed by atoms with Gasteiger partial charge in [-0.2, -0.15) is 0 Å². The van der Waals surface area contributed by atoms with Crippen LogP contribution in [0.15, 0.2) is 30.3 Å². The first-order chi connectivity index (χ1) is 10.3. The van der Waals surface area contributed by atoms with Crippen molar-refractivity contribution in [2.45, 2.75) is 38.6 Å². The van der Waals surface area contributed by atoms with Gasteiger partial charge in [0, 0.05) is 19.0 Å². The molecule has 0 aliphatic heterocycles. The Morgan fingerprint density at radius 3 is 2.76 bits per heavy atom. The van der Waals surface area contributed by atoms with Gasteiger partial charge < -0.3 is 4.90 Å². The van der Waals surface area contributed by atoms with Crippen LogP contribution in [0.4, 0.5) is 0 Å². The van der Waals surface area contributed by atoms with Gasteiger partial charge in [-0.15, -0.1) is 5.10 Å². The van der Waals surface area contributed by atoms with Crippen molar-refractivity contribution < 1.29 is 4.79 Å². The number of carbonyl (C=O) groups is 1. The molecule has 0 spiro atoms. The monoisotopic (exact) mass is 284 g/mol. The Bertz CT molecular complexity index is 604. The number of benzene rings is 1. The number of rotatable bonds is 6. The summed E-state index contributed by atoms with van der Waals surface area (Å²) in [5.41, 5.74) is 1.12. The zero-order valence-corrected chi connectivity index (χ0v) is 12.2. The van der Waals surface area contributed by atoms with Crippen LogP contribution in [-0.2, 0) is 6.54 Å². The highest BCUT2D eigenvalue weighted by atomic mass is 16.2. The van der Waals surface area contributed by atoms with Crippen LogP contribution in [0, 0.1) is 0 Å². The quantitative estimate of drug-likeness (QED) is 0.887. The van der Waals surface area contributed by atoms with Gasteiger partial charge >= 0.3 is 0 Å². The molecule has 1 saturated carbocycles. The topological polar surface area (TPSA) is 61.9 Å². The molecular weight excluding hydrogens is 264 g/mol. The molecule has 0 saturated heterocycles. The van der Waals surface area contributed by atoms with Crippen molar-refractivity contribution in [3.8, 4) is 0 Å². The van der Waals surface area contributed by atoms with Crippen molar-refractivity contribution in [1.82, 2.24) is 20.1 Å². The van der Waals surface area contributed by atoms with Gasteiger partial charge in [-0.05, 0) is 24.8 Å². The van der Waals surface area contributed by atoms with Gasteiger partial charge in [0.25, 0.3) is 5.91 Å². The van der Waals surface area contributed by atoms with Gasteiger partial charge in [-0.25, -0.2) is 4.98 Å². The number of hydrogen-bond acceptors (Lipinski definition) is 3. The second-order valence-electron chi connectivity index (χ2n) is 5.53. The van der Waals surface area contributed by atoms with Crippen molar-refractivity contribution in [3.63, 3.8) is 0 Å². The Hall–Kier alpha value is -2.17. The van der Waals surface area contributed by atoms with Crippen LogP contribution in [0.25, 0.3) is 0 Å². The minimum Gasteiger partial charge on any atom is -0.332 e. The Morgan fingerprint density at radius 2 is 2.10 bits per heavy atom. The maximum atomic E-state index is 12.6. The van der Waals surface area contributed by atoms with Crippen molar-refractivity contribution in [2.24, 2.45) is 0 Å². The molecule has 1 heterocycles. The van der Waals surface area contributed by atoms with Crippen molar-refractivity contribution in [3.05, 3.63) is 47.5 Å². The molecule has 1 aliphatic rings. The van der Waals surface area contributed by atoms with Crippen LogP contribution in [0.5, 0.6) is 0 Å². The summed E-state index contributed by atoms with van der Waals surface area (Å²) in [5.74, 6) is 1.53. The smallest absolute Gasteiger partial charge is 0.293 e. The average molecular weight is 284 g/mol. The third-order valence-electron chi connectivity index (χ3n) is 3.66. The lowest BCUT2D eigenvalue weighted by Gasteiger charge is -2.20. The number of aromatic nitrogens is 3. The molecule has 0 bridgehead atoms. The van der Waals surface area contributed by atoms with Crippen molar-refractivity contribution >= 4 is 5.91 Å². The van der Waals surface area contributed by atoms with Crippen LogP contribution >= 0.6 is 0 Å². The van der Waals surface area contributed by atoms with E-state index < -0.39 is 0 Å². The summed E-state index contributed by atoms with van der Waals surface area (Å²) in [5, 5.41) is 7.00. The van der Waals surface area contributed by atoms with Gasteiger partial charge in [0.1, 0.15) is 5.82 Å². The minimum absolute atomic E-state index is 0.0937. The summed E-state index contributed by atoms with van der Waals surface area (Å²) < 4.78 is 0. The lowest BCUT2D eigenvalue weighted by molar-refractivity contribution is 0.0731. The molecule has 5 nitrogen and oxygen atoms in total. The summed E-state index contributed by atoms with van der Waals surface area (Å²) in [6, 6.07) is 10.0. The molecule has 2 aromatic rings. The minimum atomic E-state index is -0.0937. The van der Waals surface area contributed by atoms with Crippen molar-refractivity contribution in [1.29, 1.82) is 0 Å². The zero-order valence-electron chi connectivity index (χ0n) is 12.2. The summed E-state index contributed by atoms with van der Waals surface area (Å²) in [6.45, 7) is 3.38. The van der Waals surface area contributed by atoms with Gasteiger partial charge in [-0.1, -0.05) is 37.3 Å². The van der Waals surface area contributed by atoms with Crippen LogP contribution in [0.2, 0.25) is 0 Å². The molecule has 3 rings (SSSR count). The standard InChI is InChI=1S/C16H20N4O/c1-2-10-20(11-12-6-4-3-5-7-12)16(21)15-17-14(18-19-15)13-8-9-13/h3-7,13H,2,8-11H2,1H3,(H,17,18,19). The Morgan fingerprint density at radius 1 is 1.33 bits per heavy atom. The van der Waals surface area contributed by atoms with Gasteiger partial charge in [0.2, 0.25) is 5.82 Å². The molecule has 1 aromatic carbocycles. The second-order valence-corrected chi connectivity index (χ2v) is 5.53. The molecule has 0 radical (unpaired) electrons. The van der Waals surface area contributed by atoms with E-state index in [0.29, 0.717) is 24.8 Å². The molecule has 1 amide bonds. The number of H-pyrrole nitrogens is 1. The number of carbonyl (C=O) groups excluding carboxylic acids is 1. The van der Waals surface area contributed by atoms with E-state index in [1.165, 1.54) is 0 Å². The molecule has 0 atom stereocenters.